The van der Waals surface area contributed by atoms with Gasteiger partial charge in [-0.25, -0.2) is 0 Å². The van der Waals surface area contributed by atoms with E-state index in [4.69, 9.17) is 18.9 Å². The largest absolute Gasteiger partial charge is 0.387 e. The minimum Gasteiger partial charge on any atom is -0.387 e. The highest BCUT2D eigenvalue weighted by Crippen LogP contribution is 2.32. The van der Waals surface area contributed by atoms with Crippen LogP contribution in [0.2, 0.25) is 0 Å². The second-order valence-corrected chi connectivity index (χ2v) is 24.7. The van der Waals surface area contributed by atoms with Gasteiger partial charge >= 0.3 is 0 Å². The normalized spacial score (nSPS) is 23.6. The van der Waals surface area contributed by atoms with Gasteiger partial charge in [-0.3, -0.25) is 19.2 Å². The number of thioether (sulfide) groups is 2. The van der Waals surface area contributed by atoms with E-state index >= 15 is 0 Å². The number of ether oxygens (including phenoxy) is 4. The molecule has 3 heterocycles. The van der Waals surface area contributed by atoms with E-state index in [1.807, 2.05) is 108 Å². The average molecular weight is 1100 g/mol. The number of carbonyl (C=O) groups is 4. The van der Waals surface area contributed by atoms with Crippen LogP contribution < -0.4 is 10.6 Å². The summed E-state index contributed by atoms with van der Waals surface area (Å²) in [6.45, 7) is 17.4. The monoisotopic (exact) mass is 1100 g/mol. The molecular weight excluding hydrogens is 1020 g/mol. The highest BCUT2D eigenvalue weighted by atomic mass is 32.2. The van der Waals surface area contributed by atoms with Crippen LogP contribution in [-0.4, -0.2) is 171 Å². The third-order valence-electron chi connectivity index (χ3n) is 13.2. The summed E-state index contributed by atoms with van der Waals surface area (Å²) in [6, 6.07) is 26.9. The Bertz CT molecular complexity index is 2690. The van der Waals surface area contributed by atoms with Crippen LogP contribution in [0, 0.1) is 10.8 Å². The van der Waals surface area contributed by atoms with Gasteiger partial charge < -0.3 is 59.8 Å². The Balaban J connectivity index is 0.000000250. The van der Waals surface area contributed by atoms with Gasteiger partial charge in [-0.2, -0.15) is 23.5 Å². The van der Waals surface area contributed by atoms with E-state index < -0.39 is 78.5 Å². The van der Waals surface area contributed by atoms with Crippen LogP contribution >= 0.6 is 23.5 Å². The molecule has 0 aromatic heterocycles. The number of rotatable bonds is 16. The van der Waals surface area contributed by atoms with Crippen LogP contribution in [0.3, 0.4) is 0 Å². The Morgan fingerprint density at radius 1 is 0.701 bits per heavy atom. The molecule has 3 fully saturated rings. The minimum atomic E-state index is -1.70. The molecule has 3 aliphatic heterocycles. The molecule has 77 heavy (non-hydrogen) atoms. The van der Waals surface area contributed by atoms with Crippen molar-refractivity contribution in [1.29, 1.82) is 0 Å². The fraction of sp³-hybridized carbons (Fsp3) is 0.525. The van der Waals surface area contributed by atoms with Gasteiger partial charge in [0.05, 0.1) is 0 Å². The van der Waals surface area contributed by atoms with Crippen LogP contribution in [-0.2, 0) is 51.2 Å². The number of amides is 4. The second kappa shape index (κ2) is 27.3. The van der Waals surface area contributed by atoms with Crippen LogP contribution in [0.1, 0.15) is 66.5 Å². The topological polar surface area (TPSA) is 217 Å². The SMILES string of the molecule is CO[C@@H](C(=O)NC1CSCCN(Cc2ccc3ccccc3c2)C1=O)[C@@H]1OC(C)(C)O[C@H](/C=C/C(C)(C)C)[C@@H]1O.CO[C@@H](C(=O)NC1CSCCN(Cc2ccc3ccccc3c2)C1=O)[C@H](O)[C@@H](O)[C@H](O)/C=C/C(C)(C)C. The molecule has 6 N–H and O–H groups in total. The molecule has 4 aromatic rings. The summed E-state index contributed by atoms with van der Waals surface area (Å²) in [6.07, 6.45) is -3.33. The number of aliphatic hydroxyl groups excluding tert-OH is 4. The van der Waals surface area contributed by atoms with Gasteiger partial charge in [0.2, 0.25) is 11.8 Å². The third-order valence-corrected chi connectivity index (χ3v) is 15.3. The zero-order valence-electron chi connectivity index (χ0n) is 46.1. The van der Waals surface area contributed by atoms with Crippen LogP contribution in [0.5, 0.6) is 0 Å². The summed E-state index contributed by atoms with van der Waals surface area (Å²) in [4.78, 5) is 57.0. The highest BCUT2D eigenvalue weighted by Gasteiger charge is 2.48. The van der Waals surface area contributed by atoms with E-state index in [1.54, 1.807) is 53.2 Å². The van der Waals surface area contributed by atoms with Gasteiger partial charge in [-0.15, -0.1) is 0 Å². The Hall–Kier alpha value is -4.86. The van der Waals surface area contributed by atoms with E-state index in [-0.39, 0.29) is 22.6 Å². The third kappa shape index (κ3) is 17.6. The van der Waals surface area contributed by atoms with Gasteiger partial charge in [0.1, 0.15) is 48.7 Å². The zero-order valence-corrected chi connectivity index (χ0v) is 47.7. The fourth-order valence-electron chi connectivity index (χ4n) is 9.16. The van der Waals surface area contributed by atoms with Crippen molar-refractivity contribution in [3.8, 4) is 0 Å². The van der Waals surface area contributed by atoms with Gasteiger partial charge in [0.15, 0.2) is 18.0 Å². The van der Waals surface area contributed by atoms with E-state index in [1.165, 1.54) is 20.3 Å². The number of allylic oxidation sites excluding steroid dienone is 2. The number of nitrogens with zero attached hydrogens (tertiary/aromatic N) is 2. The smallest absolute Gasteiger partial charge is 0.252 e. The predicted molar refractivity (Wildman–Crippen MR) is 304 cm³/mol. The lowest BCUT2D eigenvalue weighted by molar-refractivity contribution is -0.334. The number of nitrogens with one attached hydrogen (secondary N) is 2. The molecule has 16 nitrogen and oxygen atoms in total. The van der Waals surface area contributed by atoms with E-state index in [0.29, 0.717) is 37.7 Å². The van der Waals surface area contributed by atoms with Crippen molar-refractivity contribution in [1.82, 2.24) is 20.4 Å². The summed E-state index contributed by atoms with van der Waals surface area (Å²) < 4.78 is 22.7. The minimum absolute atomic E-state index is 0.116. The molecule has 2 unspecified atom stereocenters. The first-order valence-electron chi connectivity index (χ1n) is 26.2. The van der Waals surface area contributed by atoms with Crippen molar-refractivity contribution < 1.29 is 58.6 Å². The predicted octanol–water partition coefficient (Wildman–Crippen LogP) is 6.00. The lowest BCUT2D eigenvalue weighted by Gasteiger charge is -2.45. The first kappa shape index (κ1) is 61.4. The summed E-state index contributed by atoms with van der Waals surface area (Å²) in [5.41, 5.74) is 1.68. The molecule has 10 atom stereocenters. The van der Waals surface area contributed by atoms with Crippen LogP contribution in [0.4, 0.5) is 0 Å². The Morgan fingerprint density at radius 3 is 1.65 bits per heavy atom. The number of methoxy groups -OCH3 is 2. The number of fused-ring (bicyclic) bond motifs is 2. The molecule has 3 aliphatic rings. The maximum absolute atomic E-state index is 13.6. The standard InChI is InChI=1S/C31H42N2O6S.C28H38N2O6S/c1-30(2,3)14-13-24-25(34)26(39-31(4,5)38-24)27(37-6)28(35)32-23-19-40-16-15-33(29(23)36)18-20-11-12-21-9-7-8-10-22(21)17-20;1-28(2,3)12-11-22(31)23(32)24(33)25(36-4)26(34)29-21-17-37-14-13-30(27(21)35)16-18-9-10-19-7-5-6-8-20(19)15-18/h7-14,17,23-27,34H,15-16,18-19H2,1-6H3,(H,32,35);5-12,15,21-25,31-33H,13-14,16-17H2,1-4H3,(H,29,34)/b14-13+;12-11+/t23?,24-,25+,26-,27-;21?,22-,23+,24-,25-/m11/s1. The number of aliphatic hydroxyl groups is 4. The van der Waals surface area contributed by atoms with Crippen molar-refractivity contribution in [3.05, 3.63) is 120 Å². The second-order valence-electron chi connectivity index (χ2n) is 22.4. The number of hydrogen-bond acceptors (Lipinski definition) is 14. The molecule has 0 aliphatic carbocycles. The lowest BCUT2D eigenvalue weighted by atomic mass is 9.93. The summed E-state index contributed by atoms with van der Waals surface area (Å²) in [5, 5.41) is 52.5. The van der Waals surface area contributed by atoms with E-state index in [0.717, 1.165) is 44.2 Å². The number of hydrogen-bond donors (Lipinski definition) is 6. The fourth-order valence-corrected chi connectivity index (χ4v) is 11.1. The Morgan fingerprint density at radius 2 is 1.18 bits per heavy atom. The van der Waals surface area contributed by atoms with Crippen LogP contribution in [0.25, 0.3) is 21.5 Å². The molecule has 0 bridgehead atoms. The highest BCUT2D eigenvalue weighted by molar-refractivity contribution is 7.99. The first-order chi connectivity index (χ1) is 36.4. The van der Waals surface area contributed by atoms with E-state index in [9.17, 15) is 39.6 Å². The van der Waals surface area contributed by atoms with Gasteiger partial charge in [0, 0.05) is 63.4 Å². The molecule has 0 spiro atoms. The maximum atomic E-state index is 13.6. The molecule has 7 rings (SSSR count). The zero-order chi connectivity index (χ0) is 56.2. The molecule has 4 aromatic carbocycles. The van der Waals surface area contributed by atoms with Gasteiger partial charge in [0.25, 0.3) is 11.8 Å². The molecule has 4 amide bonds. The molecule has 3 saturated heterocycles. The first-order valence-corrected chi connectivity index (χ1v) is 28.5. The Kier molecular flexibility index (Phi) is 21.8. The lowest BCUT2D eigenvalue weighted by Crippen LogP contribution is -2.62. The molecular formula is C59H80N4O12S2. The van der Waals surface area contributed by atoms with Gasteiger partial charge in [-0.1, -0.05) is 139 Å². The quantitative estimate of drug-likeness (QED) is 0.0711. The molecule has 0 radical (unpaired) electrons. The van der Waals surface area contributed by atoms with E-state index in [2.05, 4.69) is 41.0 Å². The summed E-state index contributed by atoms with van der Waals surface area (Å²) in [7, 11) is 2.63. The van der Waals surface area contributed by atoms with Gasteiger partial charge in [-0.05, 0) is 69.5 Å². The van der Waals surface area contributed by atoms with Crippen molar-refractivity contribution in [3.63, 3.8) is 0 Å². The molecule has 18 heteroatoms. The summed E-state index contributed by atoms with van der Waals surface area (Å²) in [5.74, 6) is -0.310. The van der Waals surface area contributed by atoms with Crippen molar-refractivity contribution in [2.24, 2.45) is 10.8 Å². The molecule has 0 saturated carbocycles. The number of benzene rings is 4. The van der Waals surface area contributed by atoms with Crippen molar-refractivity contribution in [2.75, 3.05) is 50.3 Å². The Labute approximate surface area is 462 Å². The average Bonchev–Trinajstić information content (AvgIpc) is 3.66. The number of carbonyl (C=O) groups excluding carboxylic acids is 4. The van der Waals surface area contributed by atoms with Crippen molar-refractivity contribution in [2.45, 2.75) is 135 Å². The maximum Gasteiger partial charge on any atom is 0.252 e. The molecule has 420 valence electrons. The van der Waals surface area contributed by atoms with Crippen molar-refractivity contribution >= 4 is 68.7 Å². The summed E-state index contributed by atoms with van der Waals surface area (Å²) >= 11 is 3.18. The van der Waals surface area contributed by atoms with Crippen LogP contribution in [0.15, 0.2) is 109 Å².